The van der Waals surface area contributed by atoms with E-state index in [0.29, 0.717) is 5.69 Å². The zero-order chi connectivity index (χ0) is 17.0. The lowest BCUT2D eigenvalue weighted by molar-refractivity contribution is 0.0600. The summed E-state index contributed by atoms with van der Waals surface area (Å²) in [5, 5.41) is 0. The van der Waals surface area contributed by atoms with Crippen LogP contribution in [0, 0.1) is 5.82 Å². The Morgan fingerprint density at radius 2 is 1.83 bits per heavy atom. The number of rotatable bonds is 5. The van der Waals surface area contributed by atoms with Gasteiger partial charge in [0, 0.05) is 6.54 Å². The minimum atomic E-state index is -3.88. The second kappa shape index (κ2) is 6.78. The molecule has 0 amide bonds. The largest absolute Gasteiger partial charge is 0.465 e. The highest BCUT2D eigenvalue weighted by molar-refractivity contribution is 7.92. The second-order valence-corrected chi connectivity index (χ2v) is 6.53. The van der Waals surface area contributed by atoms with Crippen LogP contribution in [-0.4, -0.2) is 28.0 Å². The molecule has 5 nitrogen and oxygen atoms in total. The first kappa shape index (κ1) is 17.0. The van der Waals surface area contributed by atoms with Gasteiger partial charge in [-0.1, -0.05) is 6.07 Å². The summed E-state index contributed by atoms with van der Waals surface area (Å²) < 4.78 is 44.4. The molecule has 2 rings (SSSR count). The van der Waals surface area contributed by atoms with Gasteiger partial charge in [0.05, 0.1) is 23.3 Å². The van der Waals surface area contributed by atoms with Crippen molar-refractivity contribution in [1.82, 2.24) is 0 Å². The van der Waals surface area contributed by atoms with Gasteiger partial charge in [-0.2, -0.15) is 0 Å². The fourth-order valence-electron chi connectivity index (χ4n) is 2.13. The van der Waals surface area contributed by atoms with Crippen LogP contribution in [0.15, 0.2) is 53.4 Å². The minimum absolute atomic E-state index is 0.0356. The van der Waals surface area contributed by atoms with Crippen molar-refractivity contribution in [2.75, 3.05) is 18.0 Å². The number of esters is 1. The molecular formula is C16H16FNO4S. The van der Waals surface area contributed by atoms with E-state index in [9.17, 15) is 17.6 Å². The zero-order valence-electron chi connectivity index (χ0n) is 12.7. The van der Waals surface area contributed by atoms with Crippen molar-refractivity contribution >= 4 is 21.7 Å². The van der Waals surface area contributed by atoms with Crippen LogP contribution in [-0.2, 0) is 14.8 Å². The van der Waals surface area contributed by atoms with Gasteiger partial charge in [-0.25, -0.2) is 17.6 Å². The highest BCUT2D eigenvalue weighted by atomic mass is 32.2. The summed E-state index contributed by atoms with van der Waals surface area (Å²) in [6, 6.07) is 10.8. The van der Waals surface area contributed by atoms with E-state index < -0.39 is 21.8 Å². The fraction of sp³-hybridized carbons (Fsp3) is 0.188. The Hall–Kier alpha value is -2.41. The molecule has 0 fully saturated rings. The van der Waals surface area contributed by atoms with Crippen LogP contribution in [0.2, 0.25) is 0 Å². The second-order valence-electron chi connectivity index (χ2n) is 4.67. The summed E-state index contributed by atoms with van der Waals surface area (Å²) in [6.45, 7) is 1.83. The molecular weight excluding hydrogens is 321 g/mol. The van der Waals surface area contributed by atoms with Crippen molar-refractivity contribution < 1.29 is 22.3 Å². The van der Waals surface area contributed by atoms with Gasteiger partial charge in [-0.05, 0) is 49.4 Å². The maximum absolute atomic E-state index is 13.0. The predicted octanol–water partition coefficient (Wildman–Crippen LogP) is 2.83. The molecule has 2 aromatic carbocycles. The monoisotopic (exact) mass is 337 g/mol. The number of anilines is 1. The van der Waals surface area contributed by atoms with Crippen LogP contribution in [0.1, 0.15) is 17.3 Å². The summed E-state index contributed by atoms with van der Waals surface area (Å²) in [5.74, 6) is -1.07. The van der Waals surface area contributed by atoms with Crippen molar-refractivity contribution in [2.45, 2.75) is 11.8 Å². The average molecular weight is 337 g/mol. The average Bonchev–Trinajstić information content (AvgIpc) is 2.56. The number of hydrogen-bond acceptors (Lipinski definition) is 4. The molecule has 0 aromatic heterocycles. The van der Waals surface area contributed by atoms with Crippen LogP contribution < -0.4 is 4.31 Å². The third-order valence-electron chi connectivity index (χ3n) is 3.24. The van der Waals surface area contributed by atoms with Crippen LogP contribution in [0.4, 0.5) is 10.1 Å². The van der Waals surface area contributed by atoms with E-state index in [-0.39, 0.29) is 17.0 Å². The topological polar surface area (TPSA) is 63.7 Å². The highest BCUT2D eigenvalue weighted by Gasteiger charge is 2.24. The quantitative estimate of drug-likeness (QED) is 0.787. The lowest BCUT2D eigenvalue weighted by Crippen LogP contribution is -2.30. The summed E-state index contributed by atoms with van der Waals surface area (Å²) in [6.07, 6.45) is 0. The van der Waals surface area contributed by atoms with Gasteiger partial charge in [-0.15, -0.1) is 0 Å². The number of benzene rings is 2. The lowest BCUT2D eigenvalue weighted by Gasteiger charge is -2.23. The van der Waals surface area contributed by atoms with Gasteiger partial charge < -0.3 is 4.74 Å². The van der Waals surface area contributed by atoms with Gasteiger partial charge in [0.1, 0.15) is 5.82 Å². The van der Waals surface area contributed by atoms with E-state index in [4.69, 9.17) is 0 Å². The Labute approximate surface area is 134 Å². The molecule has 122 valence electrons. The molecule has 0 atom stereocenters. The number of nitrogens with zero attached hydrogens (tertiary/aromatic N) is 1. The van der Waals surface area contributed by atoms with Gasteiger partial charge in [0.25, 0.3) is 10.0 Å². The number of carbonyl (C=O) groups is 1. The first-order valence-electron chi connectivity index (χ1n) is 6.87. The molecule has 0 aliphatic heterocycles. The van der Waals surface area contributed by atoms with Crippen molar-refractivity contribution in [3.63, 3.8) is 0 Å². The van der Waals surface area contributed by atoms with E-state index in [1.807, 2.05) is 0 Å². The normalized spacial score (nSPS) is 11.1. The van der Waals surface area contributed by atoms with Crippen LogP contribution in [0.5, 0.6) is 0 Å². The Balaban J connectivity index is 2.47. The predicted molar refractivity (Wildman–Crippen MR) is 84.4 cm³/mol. The van der Waals surface area contributed by atoms with Crippen LogP contribution >= 0.6 is 0 Å². The maximum atomic E-state index is 13.0. The number of hydrogen-bond donors (Lipinski definition) is 0. The van der Waals surface area contributed by atoms with Crippen molar-refractivity contribution in [1.29, 1.82) is 0 Å². The number of ether oxygens (including phenoxy) is 1. The summed E-state index contributed by atoms with van der Waals surface area (Å²) >= 11 is 0. The van der Waals surface area contributed by atoms with Gasteiger partial charge in [-0.3, -0.25) is 4.31 Å². The summed E-state index contributed by atoms with van der Waals surface area (Å²) in [4.78, 5) is 11.5. The Morgan fingerprint density at radius 3 is 2.39 bits per heavy atom. The SMILES string of the molecule is CCN(c1ccc(F)cc1)S(=O)(=O)c1cccc(C(=O)OC)c1. The smallest absolute Gasteiger partial charge is 0.337 e. The summed E-state index contributed by atoms with van der Waals surface area (Å²) in [7, 11) is -2.66. The first-order chi connectivity index (χ1) is 10.9. The van der Waals surface area contributed by atoms with Crippen LogP contribution in [0.25, 0.3) is 0 Å². The molecule has 0 aliphatic carbocycles. The molecule has 23 heavy (non-hydrogen) atoms. The van der Waals surface area contributed by atoms with Crippen molar-refractivity contribution in [3.8, 4) is 0 Å². The van der Waals surface area contributed by atoms with E-state index in [1.165, 1.54) is 55.6 Å². The molecule has 0 heterocycles. The Morgan fingerprint density at radius 1 is 1.17 bits per heavy atom. The molecule has 0 aliphatic rings. The Kier molecular flexibility index (Phi) is 5.00. The first-order valence-corrected chi connectivity index (χ1v) is 8.31. The molecule has 0 N–H and O–H groups in total. The molecule has 2 aromatic rings. The standard InChI is InChI=1S/C16H16FNO4S/c1-3-18(14-9-7-13(17)8-10-14)23(20,21)15-6-4-5-12(11-15)16(19)22-2/h4-11H,3H2,1-2H3. The molecule has 0 unspecified atom stereocenters. The summed E-state index contributed by atoms with van der Waals surface area (Å²) in [5.41, 5.74) is 0.487. The van der Waals surface area contributed by atoms with Crippen LogP contribution in [0.3, 0.4) is 0 Å². The van der Waals surface area contributed by atoms with E-state index in [1.54, 1.807) is 6.92 Å². The molecule has 0 saturated carbocycles. The van der Waals surface area contributed by atoms with E-state index >= 15 is 0 Å². The molecule has 7 heteroatoms. The van der Waals surface area contributed by atoms with Gasteiger partial charge in [0.2, 0.25) is 0 Å². The van der Waals surface area contributed by atoms with Gasteiger partial charge >= 0.3 is 5.97 Å². The van der Waals surface area contributed by atoms with E-state index in [0.717, 1.165) is 4.31 Å². The molecule has 0 saturated heterocycles. The number of sulfonamides is 1. The fourth-order valence-corrected chi connectivity index (χ4v) is 3.65. The molecule has 0 spiro atoms. The van der Waals surface area contributed by atoms with Crippen molar-refractivity contribution in [3.05, 3.63) is 59.9 Å². The third kappa shape index (κ3) is 3.50. The molecule has 0 radical (unpaired) electrons. The van der Waals surface area contributed by atoms with Crippen molar-refractivity contribution in [2.24, 2.45) is 0 Å². The Bertz CT molecular complexity index is 803. The van der Waals surface area contributed by atoms with E-state index in [2.05, 4.69) is 4.74 Å². The third-order valence-corrected chi connectivity index (χ3v) is 5.14. The minimum Gasteiger partial charge on any atom is -0.465 e. The number of halogens is 1. The van der Waals surface area contributed by atoms with Gasteiger partial charge in [0.15, 0.2) is 0 Å². The lowest BCUT2D eigenvalue weighted by atomic mass is 10.2. The zero-order valence-corrected chi connectivity index (χ0v) is 13.5. The number of methoxy groups -OCH3 is 1. The molecule has 0 bridgehead atoms. The maximum Gasteiger partial charge on any atom is 0.337 e. The number of carbonyl (C=O) groups excluding carboxylic acids is 1. The highest BCUT2D eigenvalue weighted by Crippen LogP contribution is 2.24.